The number of piperazine rings is 1. The minimum absolute atomic E-state index is 0.00000637. The molecule has 26 heavy (non-hydrogen) atoms. The largest absolute Gasteiger partial charge is 0.339 e. The number of rotatable bonds is 6. The summed E-state index contributed by atoms with van der Waals surface area (Å²) in [6.45, 7) is 3.48. The number of nitrogens with zero attached hydrogens (tertiary/aromatic N) is 2. The van der Waals surface area contributed by atoms with Gasteiger partial charge >= 0.3 is 0 Å². The molecule has 0 atom stereocenters. The summed E-state index contributed by atoms with van der Waals surface area (Å²) < 4.78 is 0. The molecule has 1 saturated heterocycles. The van der Waals surface area contributed by atoms with Crippen LogP contribution >= 0.6 is 22.9 Å². The van der Waals surface area contributed by atoms with Crippen LogP contribution in [-0.4, -0.2) is 54.3 Å². The van der Waals surface area contributed by atoms with Crippen molar-refractivity contribution in [3.05, 3.63) is 57.2 Å². The van der Waals surface area contributed by atoms with Gasteiger partial charge < -0.3 is 15.1 Å². The van der Waals surface area contributed by atoms with E-state index < -0.39 is 0 Å². The van der Waals surface area contributed by atoms with Crippen LogP contribution in [0, 0.1) is 0 Å². The van der Waals surface area contributed by atoms with Gasteiger partial charge in [0, 0.05) is 42.6 Å². The number of nitrogens with one attached hydrogen (secondary N) is 1. The summed E-state index contributed by atoms with van der Waals surface area (Å²) in [6, 6.07) is 11.3. The molecule has 5 nitrogen and oxygen atoms in total. The van der Waals surface area contributed by atoms with Crippen LogP contribution in [-0.2, 0) is 22.6 Å². The van der Waals surface area contributed by atoms with Crippen molar-refractivity contribution < 1.29 is 9.59 Å². The monoisotopic (exact) mass is 391 g/mol. The van der Waals surface area contributed by atoms with Gasteiger partial charge in [0.05, 0.1) is 6.42 Å². The molecule has 0 unspecified atom stereocenters. The van der Waals surface area contributed by atoms with E-state index in [9.17, 15) is 9.59 Å². The Morgan fingerprint density at radius 1 is 1.15 bits per heavy atom. The van der Waals surface area contributed by atoms with Crippen molar-refractivity contribution in [2.24, 2.45) is 0 Å². The molecule has 1 aromatic carbocycles. The first-order chi connectivity index (χ1) is 12.6. The van der Waals surface area contributed by atoms with E-state index in [2.05, 4.69) is 5.32 Å². The van der Waals surface area contributed by atoms with Crippen LogP contribution in [0.2, 0.25) is 5.02 Å². The molecule has 3 rings (SSSR count). The van der Waals surface area contributed by atoms with Crippen molar-refractivity contribution in [3.63, 3.8) is 0 Å². The molecule has 7 heteroatoms. The van der Waals surface area contributed by atoms with Crippen molar-refractivity contribution in [3.8, 4) is 0 Å². The lowest BCUT2D eigenvalue weighted by Gasteiger charge is -2.30. The molecule has 1 aromatic heterocycles. The number of thiophene rings is 1. The molecule has 1 N–H and O–H groups in total. The van der Waals surface area contributed by atoms with Gasteiger partial charge in [0.25, 0.3) is 0 Å². The molecule has 1 aliphatic heterocycles. The molecule has 138 valence electrons. The Labute approximate surface area is 162 Å². The first-order valence-corrected chi connectivity index (χ1v) is 9.90. The minimum atomic E-state index is -0.0362. The van der Waals surface area contributed by atoms with Gasteiger partial charge in [0.2, 0.25) is 11.8 Å². The van der Waals surface area contributed by atoms with Crippen LogP contribution in [0.1, 0.15) is 10.4 Å². The van der Waals surface area contributed by atoms with Crippen LogP contribution in [0.15, 0.2) is 41.8 Å². The summed E-state index contributed by atoms with van der Waals surface area (Å²) in [6.07, 6.45) is 0.320. The van der Waals surface area contributed by atoms with Gasteiger partial charge in [-0.25, -0.2) is 0 Å². The third-order valence-electron chi connectivity index (χ3n) is 4.34. The van der Waals surface area contributed by atoms with Gasteiger partial charge in [-0.1, -0.05) is 29.8 Å². The predicted octanol–water partition coefficient (Wildman–Crippen LogP) is 2.40. The van der Waals surface area contributed by atoms with Crippen LogP contribution in [0.3, 0.4) is 0 Å². The van der Waals surface area contributed by atoms with Crippen molar-refractivity contribution in [1.82, 2.24) is 15.1 Å². The molecule has 0 saturated carbocycles. The second-order valence-corrected chi connectivity index (χ2v) is 7.73. The molecule has 0 bridgehead atoms. The number of hydrogen-bond acceptors (Lipinski definition) is 4. The average molecular weight is 392 g/mol. The van der Waals surface area contributed by atoms with Crippen LogP contribution in [0.25, 0.3) is 0 Å². The first-order valence-electron chi connectivity index (χ1n) is 8.65. The summed E-state index contributed by atoms with van der Waals surface area (Å²) in [5.41, 5.74) is 0.960. The quantitative estimate of drug-likeness (QED) is 0.822. The molecule has 2 aromatic rings. The highest BCUT2D eigenvalue weighted by Gasteiger charge is 2.23. The SMILES string of the molecule is O=C(CN(Cc1ccc(Cl)cc1)C(=O)Cc1cccs1)N1CCNCC1. The average Bonchev–Trinajstić information content (AvgIpc) is 3.16. The fourth-order valence-electron chi connectivity index (χ4n) is 2.89. The van der Waals surface area contributed by atoms with Crippen molar-refractivity contribution in [2.75, 3.05) is 32.7 Å². The van der Waals surface area contributed by atoms with E-state index in [-0.39, 0.29) is 18.4 Å². The third-order valence-corrected chi connectivity index (χ3v) is 5.47. The highest BCUT2D eigenvalue weighted by Crippen LogP contribution is 2.15. The molecule has 1 fully saturated rings. The minimum Gasteiger partial charge on any atom is -0.339 e. The van der Waals surface area contributed by atoms with E-state index in [0.717, 1.165) is 23.5 Å². The molecule has 2 heterocycles. The Kier molecular flexibility index (Phi) is 6.66. The van der Waals surface area contributed by atoms with Crippen molar-refractivity contribution >= 4 is 34.8 Å². The van der Waals surface area contributed by atoms with E-state index in [4.69, 9.17) is 11.6 Å². The smallest absolute Gasteiger partial charge is 0.242 e. The van der Waals surface area contributed by atoms with Crippen LogP contribution in [0.4, 0.5) is 0 Å². The van der Waals surface area contributed by atoms with Crippen molar-refractivity contribution in [1.29, 1.82) is 0 Å². The zero-order valence-electron chi connectivity index (χ0n) is 14.5. The van der Waals surface area contributed by atoms with E-state index in [1.165, 1.54) is 0 Å². The molecule has 0 spiro atoms. The number of amides is 2. The summed E-state index contributed by atoms with van der Waals surface area (Å²) in [5, 5.41) is 5.85. The maximum absolute atomic E-state index is 12.8. The number of halogens is 1. The second kappa shape index (κ2) is 9.16. The molecule has 1 aliphatic rings. The van der Waals surface area contributed by atoms with E-state index >= 15 is 0 Å². The van der Waals surface area contributed by atoms with Gasteiger partial charge in [0.15, 0.2) is 0 Å². The Hall–Kier alpha value is -1.89. The maximum atomic E-state index is 12.8. The number of carbonyl (C=O) groups is 2. The molecule has 0 aliphatic carbocycles. The highest BCUT2D eigenvalue weighted by molar-refractivity contribution is 7.10. The fraction of sp³-hybridized carbons (Fsp3) is 0.368. The van der Waals surface area contributed by atoms with E-state index in [0.29, 0.717) is 31.1 Å². The van der Waals surface area contributed by atoms with Gasteiger partial charge in [-0.2, -0.15) is 0 Å². The lowest BCUT2D eigenvalue weighted by molar-refractivity contribution is -0.141. The highest BCUT2D eigenvalue weighted by atomic mass is 35.5. The first kappa shape index (κ1) is 18.9. The van der Waals surface area contributed by atoms with Crippen LogP contribution < -0.4 is 5.32 Å². The zero-order chi connectivity index (χ0) is 18.4. The lowest BCUT2D eigenvalue weighted by atomic mass is 10.2. The topological polar surface area (TPSA) is 52.7 Å². The van der Waals surface area contributed by atoms with Gasteiger partial charge in [-0.15, -0.1) is 11.3 Å². The van der Waals surface area contributed by atoms with Crippen LogP contribution in [0.5, 0.6) is 0 Å². The van der Waals surface area contributed by atoms with Crippen molar-refractivity contribution in [2.45, 2.75) is 13.0 Å². The maximum Gasteiger partial charge on any atom is 0.242 e. The number of carbonyl (C=O) groups excluding carboxylic acids is 2. The zero-order valence-corrected chi connectivity index (χ0v) is 16.1. The Morgan fingerprint density at radius 3 is 2.54 bits per heavy atom. The lowest BCUT2D eigenvalue weighted by Crippen LogP contribution is -2.50. The molecular formula is C19H22ClN3O2S. The molecule has 0 radical (unpaired) electrons. The molecular weight excluding hydrogens is 370 g/mol. The Bertz CT molecular complexity index is 728. The Morgan fingerprint density at radius 2 is 1.88 bits per heavy atom. The predicted molar refractivity (Wildman–Crippen MR) is 104 cm³/mol. The summed E-state index contributed by atoms with van der Waals surface area (Å²) in [4.78, 5) is 29.9. The van der Waals surface area contributed by atoms with E-state index in [1.807, 2.05) is 34.5 Å². The standard InChI is InChI=1S/C19H22ClN3O2S/c20-16-5-3-15(4-6-16)13-23(18(24)12-17-2-1-11-26-17)14-19(25)22-9-7-21-8-10-22/h1-6,11,21H,7-10,12-14H2. The molecule has 2 amide bonds. The number of benzene rings is 1. The fourth-order valence-corrected chi connectivity index (χ4v) is 3.72. The summed E-state index contributed by atoms with van der Waals surface area (Å²) in [5.74, 6) is -0.0362. The normalized spacial score (nSPS) is 14.3. The third kappa shape index (κ3) is 5.30. The second-order valence-electron chi connectivity index (χ2n) is 6.26. The summed E-state index contributed by atoms with van der Waals surface area (Å²) in [7, 11) is 0. The summed E-state index contributed by atoms with van der Waals surface area (Å²) >= 11 is 7.50. The van der Waals surface area contributed by atoms with Gasteiger partial charge in [-0.05, 0) is 29.1 Å². The van der Waals surface area contributed by atoms with Gasteiger partial charge in [-0.3, -0.25) is 9.59 Å². The number of hydrogen-bond donors (Lipinski definition) is 1. The van der Waals surface area contributed by atoms with E-state index in [1.54, 1.807) is 28.4 Å². The van der Waals surface area contributed by atoms with Gasteiger partial charge in [0.1, 0.15) is 6.54 Å². The Balaban J connectivity index is 1.70.